The molecule has 1 heterocycles. The zero-order valence-electron chi connectivity index (χ0n) is 11.1. The molecule has 1 aromatic carbocycles. The normalized spacial score (nSPS) is 12.4. The van der Waals surface area contributed by atoms with Crippen LogP contribution in [0.15, 0.2) is 36.7 Å². The number of aryl methyl sites for hydroxylation is 3. The summed E-state index contributed by atoms with van der Waals surface area (Å²) in [6.45, 7) is 6.22. The Morgan fingerprint density at radius 1 is 1.17 bits per heavy atom. The van der Waals surface area contributed by atoms with Gasteiger partial charge in [0.2, 0.25) is 0 Å². The summed E-state index contributed by atoms with van der Waals surface area (Å²) in [6.07, 6.45) is 3.88. The van der Waals surface area contributed by atoms with Crippen molar-refractivity contribution in [2.45, 2.75) is 33.3 Å². The van der Waals surface area contributed by atoms with E-state index >= 15 is 0 Å². The van der Waals surface area contributed by atoms with E-state index in [4.69, 9.17) is 0 Å². The van der Waals surface area contributed by atoms with E-state index in [1.807, 2.05) is 18.3 Å². The van der Waals surface area contributed by atoms with Crippen molar-refractivity contribution in [2.75, 3.05) is 0 Å². The lowest BCUT2D eigenvalue weighted by Gasteiger charge is -2.16. The molecule has 0 bridgehead atoms. The lowest BCUT2D eigenvalue weighted by molar-refractivity contribution is 0.219. The average molecular weight is 241 g/mol. The molecule has 0 radical (unpaired) electrons. The molecule has 1 atom stereocenters. The second kappa shape index (κ2) is 5.32. The predicted molar refractivity (Wildman–Crippen MR) is 73.6 cm³/mol. The fraction of sp³-hybridized carbons (Fsp3) is 0.312. The van der Waals surface area contributed by atoms with Crippen LogP contribution in [0.5, 0.6) is 0 Å². The van der Waals surface area contributed by atoms with Crippen molar-refractivity contribution in [1.29, 1.82) is 0 Å². The summed E-state index contributed by atoms with van der Waals surface area (Å²) in [7, 11) is 0. The topological polar surface area (TPSA) is 33.1 Å². The third-order valence-electron chi connectivity index (χ3n) is 3.46. The molecule has 2 nitrogen and oxygen atoms in total. The molecule has 2 heteroatoms. The number of pyridine rings is 1. The highest BCUT2D eigenvalue weighted by Crippen LogP contribution is 2.26. The number of aliphatic hydroxyl groups is 1. The Balaban J connectivity index is 2.41. The molecule has 18 heavy (non-hydrogen) atoms. The Hall–Kier alpha value is -1.67. The summed E-state index contributed by atoms with van der Waals surface area (Å²) >= 11 is 0. The fourth-order valence-corrected chi connectivity index (χ4v) is 2.11. The molecule has 1 N–H and O–H groups in total. The lowest BCUT2D eigenvalue weighted by Crippen LogP contribution is -2.04. The number of aromatic nitrogens is 1. The SMILES string of the molecule is CCc1cnccc1C(O)c1ccc(C)c(C)c1. The van der Waals surface area contributed by atoms with E-state index in [-0.39, 0.29) is 0 Å². The second-order valence-electron chi connectivity index (χ2n) is 4.67. The molecule has 0 aliphatic heterocycles. The van der Waals surface area contributed by atoms with Gasteiger partial charge in [0.1, 0.15) is 6.10 Å². The number of hydrogen-bond donors (Lipinski definition) is 1. The summed E-state index contributed by atoms with van der Waals surface area (Å²) in [5, 5.41) is 10.5. The fourth-order valence-electron chi connectivity index (χ4n) is 2.11. The molecule has 1 aromatic heterocycles. The van der Waals surface area contributed by atoms with E-state index in [1.54, 1.807) is 6.20 Å². The first-order valence-corrected chi connectivity index (χ1v) is 6.31. The first kappa shape index (κ1) is 12.8. The molecular formula is C16H19NO. The van der Waals surface area contributed by atoms with Crippen LogP contribution in [0.4, 0.5) is 0 Å². The highest BCUT2D eigenvalue weighted by Gasteiger charge is 2.14. The number of benzene rings is 1. The Morgan fingerprint density at radius 3 is 2.61 bits per heavy atom. The molecule has 2 aromatic rings. The molecule has 0 spiro atoms. The van der Waals surface area contributed by atoms with Gasteiger partial charge in [0, 0.05) is 12.4 Å². The third-order valence-corrected chi connectivity index (χ3v) is 3.46. The van der Waals surface area contributed by atoms with E-state index < -0.39 is 6.10 Å². The molecular weight excluding hydrogens is 222 g/mol. The largest absolute Gasteiger partial charge is 0.384 e. The van der Waals surface area contributed by atoms with Gasteiger partial charge >= 0.3 is 0 Å². The van der Waals surface area contributed by atoms with Gasteiger partial charge < -0.3 is 5.11 Å². The molecule has 2 rings (SSSR count). The van der Waals surface area contributed by atoms with Crippen LogP contribution in [0, 0.1) is 13.8 Å². The van der Waals surface area contributed by atoms with Crippen molar-refractivity contribution >= 4 is 0 Å². The van der Waals surface area contributed by atoms with Gasteiger partial charge in [0.05, 0.1) is 0 Å². The third kappa shape index (κ3) is 2.44. The van der Waals surface area contributed by atoms with Crippen LogP contribution in [0.3, 0.4) is 0 Å². The van der Waals surface area contributed by atoms with Gasteiger partial charge in [0.25, 0.3) is 0 Å². The number of nitrogens with zero attached hydrogens (tertiary/aromatic N) is 1. The van der Waals surface area contributed by atoms with Crippen molar-refractivity contribution in [3.05, 3.63) is 64.5 Å². The van der Waals surface area contributed by atoms with E-state index in [2.05, 4.69) is 37.9 Å². The molecule has 0 aliphatic carbocycles. The first-order chi connectivity index (χ1) is 8.63. The summed E-state index contributed by atoms with van der Waals surface area (Å²) in [5.74, 6) is 0. The quantitative estimate of drug-likeness (QED) is 0.894. The summed E-state index contributed by atoms with van der Waals surface area (Å²) in [6, 6.07) is 8.01. The molecule has 94 valence electrons. The van der Waals surface area contributed by atoms with Gasteiger partial charge in [-0.3, -0.25) is 4.98 Å². The van der Waals surface area contributed by atoms with Gasteiger partial charge in [0.15, 0.2) is 0 Å². The minimum Gasteiger partial charge on any atom is -0.384 e. The van der Waals surface area contributed by atoms with Crippen LogP contribution < -0.4 is 0 Å². The van der Waals surface area contributed by atoms with Crippen molar-refractivity contribution in [3.63, 3.8) is 0 Å². The van der Waals surface area contributed by atoms with Gasteiger partial charge in [-0.2, -0.15) is 0 Å². The van der Waals surface area contributed by atoms with E-state index in [1.165, 1.54) is 11.1 Å². The maximum absolute atomic E-state index is 10.5. The zero-order valence-corrected chi connectivity index (χ0v) is 11.1. The molecule has 0 saturated heterocycles. The van der Waals surface area contributed by atoms with Crippen LogP contribution in [-0.4, -0.2) is 10.1 Å². The van der Waals surface area contributed by atoms with Crippen LogP contribution in [0.1, 0.15) is 40.8 Å². The highest BCUT2D eigenvalue weighted by molar-refractivity contribution is 5.38. The average Bonchev–Trinajstić information content (AvgIpc) is 2.41. The second-order valence-corrected chi connectivity index (χ2v) is 4.67. The van der Waals surface area contributed by atoms with Crippen LogP contribution in [-0.2, 0) is 6.42 Å². The van der Waals surface area contributed by atoms with Gasteiger partial charge in [-0.1, -0.05) is 25.1 Å². The summed E-state index contributed by atoms with van der Waals surface area (Å²) < 4.78 is 0. The van der Waals surface area contributed by atoms with Gasteiger partial charge in [-0.15, -0.1) is 0 Å². The smallest absolute Gasteiger partial charge is 0.104 e. The van der Waals surface area contributed by atoms with E-state index in [9.17, 15) is 5.11 Å². The number of aliphatic hydroxyl groups excluding tert-OH is 1. The summed E-state index contributed by atoms with van der Waals surface area (Å²) in [4.78, 5) is 4.11. The monoisotopic (exact) mass is 241 g/mol. The summed E-state index contributed by atoms with van der Waals surface area (Å²) in [5.41, 5.74) is 5.45. The van der Waals surface area contributed by atoms with Crippen molar-refractivity contribution < 1.29 is 5.11 Å². The molecule has 0 saturated carbocycles. The Morgan fingerprint density at radius 2 is 1.94 bits per heavy atom. The molecule has 1 unspecified atom stereocenters. The van der Waals surface area contributed by atoms with Crippen LogP contribution >= 0.6 is 0 Å². The van der Waals surface area contributed by atoms with Crippen molar-refractivity contribution in [3.8, 4) is 0 Å². The number of rotatable bonds is 3. The Bertz CT molecular complexity index is 549. The predicted octanol–water partition coefficient (Wildman–Crippen LogP) is 3.34. The van der Waals surface area contributed by atoms with Crippen molar-refractivity contribution in [1.82, 2.24) is 4.98 Å². The lowest BCUT2D eigenvalue weighted by atomic mass is 9.95. The minimum absolute atomic E-state index is 0.567. The zero-order chi connectivity index (χ0) is 13.1. The van der Waals surface area contributed by atoms with Crippen molar-refractivity contribution in [2.24, 2.45) is 0 Å². The van der Waals surface area contributed by atoms with Gasteiger partial charge in [-0.25, -0.2) is 0 Å². The maximum Gasteiger partial charge on any atom is 0.104 e. The highest BCUT2D eigenvalue weighted by atomic mass is 16.3. The maximum atomic E-state index is 10.5. The molecule has 0 fully saturated rings. The Labute approximate surface area is 108 Å². The van der Waals surface area contributed by atoms with E-state index in [0.29, 0.717) is 0 Å². The molecule has 0 aliphatic rings. The van der Waals surface area contributed by atoms with Crippen LogP contribution in [0.25, 0.3) is 0 Å². The minimum atomic E-state index is -0.567. The Kier molecular flexibility index (Phi) is 3.78. The number of hydrogen-bond acceptors (Lipinski definition) is 2. The van der Waals surface area contributed by atoms with E-state index in [0.717, 1.165) is 23.1 Å². The van der Waals surface area contributed by atoms with Crippen LogP contribution in [0.2, 0.25) is 0 Å². The first-order valence-electron chi connectivity index (χ1n) is 6.31. The van der Waals surface area contributed by atoms with Gasteiger partial charge in [-0.05, 0) is 54.2 Å². The molecule has 0 amide bonds. The standard InChI is InChI=1S/C16H19NO/c1-4-13-10-17-8-7-15(13)16(18)14-6-5-11(2)12(3)9-14/h5-10,16,18H,4H2,1-3H3.